The van der Waals surface area contributed by atoms with Crippen LogP contribution in [0.3, 0.4) is 0 Å². The van der Waals surface area contributed by atoms with Crippen molar-refractivity contribution in [2.75, 3.05) is 49.3 Å². The molecule has 0 bridgehead atoms. The minimum atomic E-state index is 0. The Bertz CT molecular complexity index is 1000. The van der Waals surface area contributed by atoms with Crippen LogP contribution in [-0.4, -0.2) is 44.4 Å². The van der Waals surface area contributed by atoms with E-state index in [1.54, 1.807) is 0 Å². The molecule has 1 saturated heterocycles. The average molecular weight is 468 g/mol. The highest BCUT2D eigenvalue weighted by Gasteiger charge is 2.25. The number of nitrogens with zero attached hydrogens (tertiary/aromatic N) is 3. The molecule has 3 aromatic carbocycles. The fourth-order valence-corrected chi connectivity index (χ4v) is 5.59. The lowest BCUT2D eigenvalue weighted by Gasteiger charge is -2.33. The number of anilines is 3. The second-order valence-electron chi connectivity index (χ2n) is 7.97. The Morgan fingerprint density at radius 1 is 0.781 bits per heavy atom. The summed E-state index contributed by atoms with van der Waals surface area (Å²) in [5.41, 5.74) is 3.88. The minimum absolute atomic E-state index is 0. The smallest absolute Gasteiger partial charge is 0.142 e. The van der Waals surface area contributed by atoms with Gasteiger partial charge < -0.3 is 14.5 Å². The van der Waals surface area contributed by atoms with Gasteiger partial charge in [0, 0.05) is 36.0 Å². The van der Waals surface area contributed by atoms with Gasteiger partial charge in [0.05, 0.1) is 30.3 Å². The molecule has 0 atom stereocenters. The maximum atomic E-state index is 5.84. The number of rotatable bonds is 7. The highest BCUT2D eigenvalue weighted by Crippen LogP contribution is 2.47. The zero-order valence-corrected chi connectivity index (χ0v) is 20.1. The zero-order chi connectivity index (χ0) is 21.0. The topological polar surface area (TPSA) is 19.0 Å². The van der Waals surface area contributed by atoms with Crippen LogP contribution in [0, 0.1) is 0 Å². The second kappa shape index (κ2) is 10.5. The first-order valence-corrected chi connectivity index (χ1v) is 12.0. The third-order valence-electron chi connectivity index (χ3n) is 5.95. The van der Waals surface area contributed by atoms with Crippen LogP contribution in [-0.2, 0) is 0 Å². The van der Waals surface area contributed by atoms with Crippen molar-refractivity contribution < 1.29 is 4.74 Å². The maximum Gasteiger partial charge on any atom is 0.142 e. The molecular formula is C26H30ClN3OS. The molecule has 6 heteroatoms. The van der Waals surface area contributed by atoms with E-state index in [-0.39, 0.29) is 12.4 Å². The third kappa shape index (κ3) is 4.70. The van der Waals surface area contributed by atoms with Crippen molar-refractivity contribution in [3.63, 3.8) is 0 Å². The van der Waals surface area contributed by atoms with E-state index in [0.29, 0.717) is 6.61 Å². The van der Waals surface area contributed by atoms with Crippen molar-refractivity contribution in [2.24, 2.45) is 0 Å². The Hall–Kier alpha value is -2.34. The fraction of sp³-hybridized carbons (Fsp3) is 0.308. The molecule has 32 heavy (non-hydrogen) atoms. The number of para-hydroxylation sites is 4. The SMILES string of the molecule is CCOc1ccccc1N1CCN(CCCN2c3ccccc3Sc3ccccc32)C1.Cl. The Morgan fingerprint density at radius 3 is 2.09 bits per heavy atom. The summed E-state index contributed by atoms with van der Waals surface area (Å²) in [5.74, 6) is 0.992. The van der Waals surface area contributed by atoms with Crippen molar-refractivity contribution in [1.82, 2.24) is 4.90 Å². The maximum absolute atomic E-state index is 5.84. The van der Waals surface area contributed by atoms with Gasteiger partial charge in [0.15, 0.2) is 0 Å². The monoisotopic (exact) mass is 467 g/mol. The van der Waals surface area contributed by atoms with E-state index >= 15 is 0 Å². The van der Waals surface area contributed by atoms with Gasteiger partial charge in [0.2, 0.25) is 0 Å². The first kappa shape index (κ1) is 22.8. The van der Waals surface area contributed by atoms with E-state index in [2.05, 4.69) is 87.5 Å². The first-order chi connectivity index (χ1) is 15.3. The van der Waals surface area contributed by atoms with Crippen LogP contribution in [0.15, 0.2) is 82.6 Å². The molecule has 0 spiro atoms. The van der Waals surface area contributed by atoms with E-state index in [4.69, 9.17) is 4.74 Å². The van der Waals surface area contributed by atoms with Gasteiger partial charge in [0.25, 0.3) is 0 Å². The summed E-state index contributed by atoms with van der Waals surface area (Å²) in [5, 5.41) is 0. The van der Waals surface area contributed by atoms with Gasteiger partial charge in [0.1, 0.15) is 5.75 Å². The van der Waals surface area contributed by atoms with E-state index in [1.165, 1.54) is 26.9 Å². The molecule has 4 nitrogen and oxygen atoms in total. The van der Waals surface area contributed by atoms with Crippen LogP contribution >= 0.6 is 24.2 Å². The largest absolute Gasteiger partial charge is 0.492 e. The van der Waals surface area contributed by atoms with Gasteiger partial charge in [-0.2, -0.15) is 0 Å². The van der Waals surface area contributed by atoms with Crippen LogP contribution in [0.25, 0.3) is 0 Å². The lowest BCUT2D eigenvalue weighted by Crippen LogP contribution is -2.29. The van der Waals surface area contributed by atoms with Crippen LogP contribution in [0.1, 0.15) is 13.3 Å². The van der Waals surface area contributed by atoms with E-state index in [9.17, 15) is 0 Å². The van der Waals surface area contributed by atoms with E-state index < -0.39 is 0 Å². The number of hydrogen-bond acceptors (Lipinski definition) is 5. The van der Waals surface area contributed by atoms with Crippen LogP contribution in [0.5, 0.6) is 5.75 Å². The van der Waals surface area contributed by atoms with Crippen LogP contribution < -0.4 is 14.5 Å². The van der Waals surface area contributed by atoms with Crippen molar-refractivity contribution in [2.45, 2.75) is 23.1 Å². The van der Waals surface area contributed by atoms with Gasteiger partial charge in [-0.25, -0.2) is 0 Å². The van der Waals surface area contributed by atoms with Gasteiger partial charge in [-0.3, -0.25) is 4.90 Å². The molecule has 3 aromatic rings. The van der Waals surface area contributed by atoms with E-state index in [0.717, 1.165) is 45.0 Å². The number of halogens is 1. The molecule has 0 aromatic heterocycles. The molecule has 0 radical (unpaired) electrons. The van der Waals surface area contributed by atoms with Crippen LogP contribution in [0.2, 0.25) is 0 Å². The molecule has 0 aliphatic carbocycles. The summed E-state index contributed by atoms with van der Waals surface area (Å²) in [6.45, 7) is 7.99. The zero-order valence-electron chi connectivity index (χ0n) is 18.4. The summed E-state index contributed by atoms with van der Waals surface area (Å²) in [7, 11) is 0. The first-order valence-electron chi connectivity index (χ1n) is 11.2. The molecule has 1 fully saturated rings. The Morgan fingerprint density at radius 2 is 1.41 bits per heavy atom. The van der Waals surface area contributed by atoms with Crippen molar-refractivity contribution in [3.05, 3.63) is 72.8 Å². The number of benzene rings is 3. The summed E-state index contributed by atoms with van der Waals surface area (Å²) in [6.07, 6.45) is 1.13. The molecule has 5 rings (SSSR count). The number of hydrogen-bond donors (Lipinski definition) is 0. The average Bonchev–Trinajstić information content (AvgIpc) is 3.28. The Kier molecular flexibility index (Phi) is 7.51. The molecule has 0 N–H and O–H groups in total. The molecule has 2 heterocycles. The third-order valence-corrected chi connectivity index (χ3v) is 7.08. The van der Waals surface area contributed by atoms with Gasteiger partial charge in [-0.05, 0) is 49.7 Å². The summed E-state index contributed by atoms with van der Waals surface area (Å²) < 4.78 is 5.84. The Balaban J connectivity index is 0.00000245. The quantitative estimate of drug-likeness (QED) is 0.406. The summed E-state index contributed by atoms with van der Waals surface area (Å²) >= 11 is 1.88. The predicted molar refractivity (Wildman–Crippen MR) is 137 cm³/mol. The highest BCUT2D eigenvalue weighted by atomic mass is 35.5. The van der Waals surface area contributed by atoms with Crippen LogP contribution in [0.4, 0.5) is 17.1 Å². The number of ether oxygens (including phenoxy) is 1. The van der Waals surface area contributed by atoms with Crippen molar-refractivity contribution in [1.29, 1.82) is 0 Å². The lowest BCUT2D eigenvalue weighted by atomic mass is 10.2. The minimum Gasteiger partial charge on any atom is -0.492 e. The van der Waals surface area contributed by atoms with Crippen molar-refractivity contribution in [3.8, 4) is 5.75 Å². The Labute approximate surface area is 201 Å². The molecular weight excluding hydrogens is 438 g/mol. The molecule has 0 saturated carbocycles. The molecule has 2 aliphatic heterocycles. The molecule has 0 amide bonds. The summed E-state index contributed by atoms with van der Waals surface area (Å²) in [4.78, 5) is 10.2. The second-order valence-corrected chi connectivity index (χ2v) is 9.05. The summed E-state index contributed by atoms with van der Waals surface area (Å²) in [6, 6.07) is 25.9. The normalized spacial score (nSPS) is 15.2. The highest BCUT2D eigenvalue weighted by molar-refractivity contribution is 7.99. The fourth-order valence-electron chi connectivity index (χ4n) is 4.49. The predicted octanol–water partition coefficient (Wildman–Crippen LogP) is 6.28. The number of fused-ring (bicyclic) bond motifs is 2. The van der Waals surface area contributed by atoms with E-state index in [1.807, 2.05) is 18.7 Å². The van der Waals surface area contributed by atoms with Gasteiger partial charge in [-0.1, -0.05) is 48.2 Å². The van der Waals surface area contributed by atoms with Gasteiger partial charge >= 0.3 is 0 Å². The molecule has 0 unspecified atom stereocenters. The van der Waals surface area contributed by atoms with Gasteiger partial charge in [-0.15, -0.1) is 12.4 Å². The van der Waals surface area contributed by atoms with Crippen molar-refractivity contribution >= 4 is 41.2 Å². The standard InChI is InChI=1S/C26H29N3OS.ClH/c1-2-30-24-13-6-3-10-21(24)28-19-18-27(20-28)16-9-17-29-22-11-4-7-14-25(22)31-26-15-8-5-12-23(26)29;/h3-8,10-15H,2,9,16-20H2,1H3;1H. The lowest BCUT2D eigenvalue weighted by molar-refractivity contribution is 0.332. The molecule has 2 aliphatic rings. The molecule has 168 valence electrons.